The maximum Gasteiger partial charge on any atom is 0.154 e. The molecular weight excluding hydrogens is 482 g/mol. The number of benzene rings is 2. The molecule has 0 unspecified atom stereocenters. The van der Waals surface area contributed by atoms with Gasteiger partial charge in [-0.25, -0.2) is 0 Å². The number of carbonyl (C=O) groups excluding carboxylic acids is 1. The molecule has 0 amide bonds. The quantitative estimate of drug-likeness (QED) is 0.456. The predicted octanol–water partition coefficient (Wildman–Crippen LogP) is 4.44. The Hall–Kier alpha value is -0.830. The van der Waals surface area contributed by atoms with Crippen LogP contribution in [0.2, 0.25) is 0 Å². The smallest absolute Gasteiger partial charge is 0.154 e. The van der Waals surface area contributed by atoms with Crippen LogP contribution >= 0.6 is 45.2 Å². The Bertz CT molecular complexity index is 586. The van der Waals surface area contributed by atoms with Gasteiger partial charge in [0, 0.05) is 6.42 Å². The van der Waals surface area contributed by atoms with E-state index in [9.17, 15) is 4.79 Å². The summed E-state index contributed by atoms with van der Waals surface area (Å²) in [6, 6.07) is 11.4. The molecule has 2 rings (SSSR count). The van der Waals surface area contributed by atoms with Gasteiger partial charge >= 0.3 is 0 Å². The Kier molecular flexibility index (Phi) is 5.64. The number of ether oxygens (including phenoxy) is 2. The monoisotopic (exact) mass is 494 g/mol. The molecule has 0 heterocycles. The molecule has 2 aromatic rings. The molecule has 2 aromatic carbocycles. The van der Waals surface area contributed by atoms with Crippen LogP contribution < -0.4 is 9.47 Å². The second kappa shape index (κ2) is 7.26. The lowest BCUT2D eigenvalue weighted by molar-refractivity contribution is -0.107. The molecule has 20 heavy (non-hydrogen) atoms. The van der Waals surface area contributed by atoms with Crippen molar-refractivity contribution < 1.29 is 14.3 Å². The van der Waals surface area contributed by atoms with Crippen LogP contribution in [0.1, 0.15) is 5.56 Å². The Morgan fingerprint density at radius 3 is 2.10 bits per heavy atom. The van der Waals surface area contributed by atoms with E-state index in [0.29, 0.717) is 6.42 Å². The summed E-state index contributed by atoms with van der Waals surface area (Å²) >= 11 is 4.44. The van der Waals surface area contributed by atoms with Crippen LogP contribution in [0.25, 0.3) is 0 Å². The number of halogens is 2. The highest BCUT2D eigenvalue weighted by atomic mass is 127. The zero-order valence-corrected chi connectivity index (χ0v) is 15.0. The number of rotatable bonds is 5. The largest absolute Gasteiger partial charge is 0.497 e. The van der Waals surface area contributed by atoms with Gasteiger partial charge in [0.15, 0.2) is 5.75 Å². The van der Waals surface area contributed by atoms with Gasteiger partial charge in [0.05, 0.1) is 14.3 Å². The van der Waals surface area contributed by atoms with Gasteiger partial charge in [-0.2, -0.15) is 0 Å². The molecule has 0 aliphatic carbocycles. The molecule has 104 valence electrons. The highest BCUT2D eigenvalue weighted by Gasteiger charge is 2.10. The minimum Gasteiger partial charge on any atom is -0.497 e. The van der Waals surface area contributed by atoms with Crippen molar-refractivity contribution in [2.75, 3.05) is 7.11 Å². The van der Waals surface area contributed by atoms with Gasteiger partial charge in [-0.1, -0.05) is 0 Å². The number of hydrogen-bond acceptors (Lipinski definition) is 3. The van der Waals surface area contributed by atoms with Crippen LogP contribution in [0.15, 0.2) is 36.4 Å². The van der Waals surface area contributed by atoms with Crippen LogP contribution in [0.4, 0.5) is 0 Å². The van der Waals surface area contributed by atoms with E-state index in [1.807, 2.05) is 36.4 Å². The van der Waals surface area contributed by atoms with E-state index in [2.05, 4.69) is 45.2 Å². The summed E-state index contributed by atoms with van der Waals surface area (Å²) in [7, 11) is 1.63. The van der Waals surface area contributed by atoms with Crippen molar-refractivity contribution in [1.29, 1.82) is 0 Å². The summed E-state index contributed by atoms with van der Waals surface area (Å²) in [6.07, 6.45) is 1.33. The Balaban J connectivity index is 2.26. The predicted molar refractivity (Wildman–Crippen MR) is 94.7 cm³/mol. The average molecular weight is 494 g/mol. The first-order valence-corrected chi connectivity index (χ1v) is 8.03. The van der Waals surface area contributed by atoms with Crippen LogP contribution in [0, 0.1) is 7.14 Å². The van der Waals surface area contributed by atoms with Crippen LogP contribution in [-0.4, -0.2) is 13.4 Å². The van der Waals surface area contributed by atoms with Crippen molar-refractivity contribution in [2.24, 2.45) is 0 Å². The van der Waals surface area contributed by atoms with Crippen molar-refractivity contribution in [1.82, 2.24) is 0 Å². The lowest BCUT2D eigenvalue weighted by Gasteiger charge is -2.11. The molecule has 0 fully saturated rings. The zero-order valence-electron chi connectivity index (χ0n) is 10.7. The second-order valence-electron chi connectivity index (χ2n) is 4.04. The highest BCUT2D eigenvalue weighted by Crippen LogP contribution is 2.33. The fourth-order valence-corrected chi connectivity index (χ4v) is 3.80. The normalized spacial score (nSPS) is 10.2. The maximum absolute atomic E-state index is 10.6. The first-order chi connectivity index (χ1) is 9.63. The fraction of sp³-hybridized carbons (Fsp3) is 0.133. The minimum atomic E-state index is 0.425. The molecule has 0 bridgehead atoms. The molecule has 0 saturated carbocycles. The fourth-order valence-electron chi connectivity index (χ4n) is 1.69. The average Bonchev–Trinajstić information content (AvgIpc) is 2.44. The summed E-state index contributed by atoms with van der Waals surface area (Å²) in [4.78, 5) is 10.6. The first kappa shape index (κ1) is 15.6. The standard InChI is InChI=1S/C15H12I2O3/c1-19-11-2-4-12(5-3-11)20-15-13(16)8-10(6-7-18)9-14(15)17/h2-5,7-9H,6H2,1H3. The van der Waals surface area contributed by atoms with Crippen molar-refractivity contribution in [3.05, 3.63) is 49.1 Å². The molecule has 0 spiro atoms. The van der Waals surface area contributed by atoms with E-state index in [0.717, 1.165) is 36.2 Å². The van der Waals surface area contributed by atoms with E-state index in [1.165, 1.54) is 0 Å². The molecule has 0 aromatic heterocycles. The van der Waals surface area contributed by atoms with Crippen LogP contribution in [0.5, 0.6) is 17.2 Å². The lowest BCUT2D eigenvalue weighted by Crippen LogP contribution is -1.95. The van der Waals surface area contributed by atoms with E-state index in [-0.39, 0.29) is 0 Å². The SMILES string of the molecule is COc1ccc(Oc2c(I)cc(CC=O)cc2I)cc1. The van der Waals surface area contributed by atoms with Gasteiger partial charge in [-0.3, -0.25) is 0 Å². The van der Waals surface area contributed by atoms with Crippen molar-refractivity contribution in [3.8, 4) is 17.2 Å². The third-order valence-electron chi connectivity index (χ3n) is 2.66. The summed E-state index contributed by atoms with van der Waals surface area (Å²) in [5.41, 5.74) is 0.996. The molecule has 0 N–H and O–H groups in total. The third kappa shape index (κ3) is 3.85. The molecule has 3 nitrogen and oxygen atoms in total. The van der Waals surface area contributed by atoms with E-state index < -0.39 is 0 Å². The molecule has 0 radical (unpaired) electrons. The molecule has 0 atom stereocenters. The summed E-state index contributed by atoms with van der Waals surface area (Å²) in [6.45, 7) is 0. The minimum absolute atomic E-state index is 0.425. The Morgan fingerprint density at radius 2 is 1.60 bits per heavy atom. The molecule has 0 aliphatic heterocycles. The van der Waals surface area contributed by atoms with E-state index in [4.69, 9.17) is 9.47 Å². The lowest BCUT2D eigenvalue weighted by atomic mass is 10.2. The van der Waals surface area contributed by atoms with Crippen molar-refractivity contribution in [2.45, 2.75) is 6.42 Å². The topological polar surface area (TPSA) is 35.5 Å². The number of hydrogen-bond donors (Lipinski definition) is 0. The van der Waals surface area contributed by atoms with Crippen LogP contribution in [0.3, 0.4) is 0 Å². The van der Waals surface area contributed by atoms with Gasteiger partial charge in [-0.05, 0) is 87.1 Å². The number of carbonyl (C=O) groups is 1. The van der Waals surface area contributed by atoms with Gasteiger partial charge in [0.25, 0.3) is 0 Å². The number of methoxy groups -OCH3 is 1. The molecule has 0 saturated heterocycles. The zero-order chi connectivity index (χ0) is 14.5. The molecule has 5 heteroatoms. The third-order valence-corrected chi connectivity index (χ3v) is 4.26. The second-order valence-corrected chi connectivity index (χ2v) is 6.36. The molecular formula is C15H12I2O3. The Labute approximate surface area is 144 Å². The number of aldehydes is 1. The summed E-state index contributed by atoms with van der Waals surface area (Å²) in [5.74, 6) is 2.36. The summed E-state index contributed by atoms with van der Waals surface area (Å²) in [5, 5.41) is 0. The van der Waals surface area contributed by atoms with E-state index in [1.54, 1.807) is 7.11 Å². The van der Waals surface area contributed by atoms with Crippen molar-refractivity contribution in [3.63, 3.8) is 0 Å². The van der Waals surface area contributed by atoms with Gasteiger partial charge in [0.1, 0.15) is 17.8 Å². The van der Waals surface area contributed by atoms with Gasteiger partial charge < -0.3 is 14.3 Å². The van der Waals surface area contributed by atoms with Crippen LogP contribution in [-0.2, 0) is 11.2 Å². The van der Waals surface area contributed by atoms with Gasteiger partial charge in [0.2, 0.25) is 0 Å². The highest BCUT2D eigenvalue weighted by molar-refractivity contribution is 14.1. The Morgan fingerprint density at radius 1 is 1.05 bits per heavy atom. The van der Waals surface area contributed by atoms with E-state index >= 15 is 0 Å². The summed E-state index contributed by atoms with van der Waals surface area (Å²) < 4.78 is 13.0. The molecule has 0 aliphatic rings. The maximum atomic E-state index is 10.6. The van der Waals surface area contributed by atoms with Crippen molar-refractivity contribution >= 4 is 51.5 Å². The van der Waals surface area contributed by atoms with Gasteiger partial charge in [-0.15, -0.1) is 0 Å². The first-order valence-electron chi connectivity index (χ1n) is 5.87.